The number of benzene rings is 3. The van der Waals surface area contributed by atoms with E-state index < -0.39 is 6.09 Å². The number of fused-ring (bicyclic) bond motifs is 2. The summed E-state index contributed by atoms with van der Waals surface area (Å²) in [6.45, 7) is 2.29. The minimum atomic E-state index is -0.473. The Hall–Kier alpha value is -3.84. The van der Waals surface area contributed by atoms with Crippen LogP contribution in [-0.2, 0) is 22.4 Å². The maximum Gasteiger partial charge on any atom is 0.407 e. The number of carbonyl (C=O) groups is 2. The Kier molecular flexibility index (Phi) is 8.01. The number of nitrogens with one attached hydrogen (secondary N) is 4. The molecule has 2 amide bonds. The lowest BCUT2D eigenvalue weighted by molar-refractivity contribution is -0.126. The van der Waals surface area contributed by atoms with Gasteiger partial charge in [0.05, 0.1) is 12.6 Å². The van der Waals surface area contributed by atoms with Gasteiger partial charge in [0.2, 0.25) is 5.91 Å². The SMILES string of the molecule is O=C(NCC(Cc1ccc2ccccc2c1)NC(=O)C1CCNCC1)OCCc1c[nH]c2ccccc12. The number of carbonyl (C=O) groups excluding carboxylic acids is 2. The number of aromatic amines is 1. The van der Waals surface area contributed by atoms with Crippen molar-refractivity contribution in [2.24, 2.45) is 5.92 Å². The summed E-state index contributed by atoms with van der Waals surface area (Å²) in [6.07, 6.45) is 4.40. The van der Waals surface area contributed by atoms with Crippen molar-refractivity contribution in [3.05, 3.63) is 84.1 Å². The quantitative estimate of drug-likeness (QED) is 0.276. The van der Waals surface area contributed by atoms with E-state index >= 15 is 0 Å². The van der Waals surface area contributed by atoms with Crippen LogP contribution in [0.15, 0.2) is 72.9 Å². The summed E-state index contributed by atoms with van der Waals surface area (Å²) in [5.41, 5.74) is 3.30. The van der Waals surface area contributed by atoms with Crippen molar-refractivity contribution in [2.75, 3.05) is 26.2 Å². The van der Waals surface area contributed by atoms with Crippen molar-refractivity contribution < 1.29 is 14.3 Å². The van der Waals surface area contributed by atoms with Gasteiger partial charge >= 0.3 is 6.09 Å². The van der Waals surface area contributed by atoms with Gasteiger partial charge in [0.1, 0.15) is 0 Å². The molecule has 37 heavy (non-hydrogen) atoms. The van der Waals surface area contributed by atoms with Gasteiger partial charge in [0, 0.05) is 36.0 Å². The van der Waals surface area contributed by atoms with E-state index in [-0.39, 0.29) is 24.5 Å². The van der Waals surface area contributed by atoms with E-state index in [0.717, 1.165) is 53.3 Å². The van der Waals surface area contributed by atoms with Crippen molar-refractivity contribution in [2.45, 2.75) is 31.7 Å². The fourth-order valence-electron chi connectivity index (χ4n) is 5.08. The molecule has 7 heteroatoms. The summed E-state index contributed by atoms with van der Waals surface area (Å²) < 4.78 is 5.46. The van der Waals surface area contributed by atoms with E-state index in [1.165, 1.54) is 5.39 Å². The van der Waals surface area contributed by atoms with Crippen molar-refractivity contribution in [3.63, 3.8) is 0 Å². The molecule has 1 aromatic heterocycles. The number of hydrogen-bond donors (Lipinski definition) is 4. The average molecular weight is 499 g/mol. The molecule has 5 rings (SSSR count). The van der Waals surface area contributed by atoms with Gasteiger partial charge in [-0.15, -0.1) is 0 Å². The Morgan fingerprint density at radius 2 is 1.76 bits per heavy atom. The molecule has 1 aliphatic heterocycles. The molecular weight excluding hydrogens is 464 g/mol. The topological polar surface area (TPSA) is 95.2 Å². The van der Waals surface area contributed by atoms with Crippen molar-refractivity contribution >= 4 is 33.7 Å². The van der Waals surface area contributed by atoms with Gasteiger partial charge in [-0.25, -0.2) is 4.79 Å². The van der Waals surface area contributed by atoms with Crippen LogP contribution in [0.25, 0.3) is 21.7 Å². The normalized spacial score (nSPS) is 14.9. The molecule has 7 nitrogen and oxygen atoms in total. The van der Waals surface area contributed by atoms with Gasteiger partial charge in [-0.05, 0) is 60.3 Å². The van der Waals surface area contributed by atoms with Crippen LogP contribution in [-0.4, -0.2) is 49.3 Å². The molecule has 0 spiro atoms. The second-order valence-electron chi connectivity index (χ2n) is 9.74. The first-order valence-corrected chi connectivity index (χ1v) is 13.1. The van der Waals surface area contributed by atoms with E-state index in [2.05, 4.69) is 57.3 Å². The molecule has 1 unspecified atom stereocenters. The molecule has 0 radical (unpaired) electrons. The molecular formula is C30H34N4O3. The molecule has 1 saturated heterocycles. The lowest BCUT2D eigenvalue weighted by Gasteiger charge is -2.26. The van der Waals surface area contributed by atoms with Gasteiger partial charge in [-0.2, -0.15) is 0 Å². The third-order valence-corrected chi connectivity index (χ3v) is 7.12. The monoisotopic (exact) mass is 498 g/mol. The average Bonchev–Trinajstić information content (AvgIpc) is 3.35. The zero-order valence-electron chi connectivity index (χ0n) is 21.0. The fourth-order valence-corrected chi connectivity index (χ4v) is 5.08. The lowest BCUT2D eigenvalue weighted by Crippen LogP contribution is -2.48. The number of hydrogen-bond acceptors (Lipinski definition) is 4. The number of aromatic nitrogens is 1. The number of piperidine rings is 1. The smallest absolute Gasteiger partial charge is 0.407 e. The van der Waals surface area contributed by atoms with Crippen LogP contribution in [0.3, 0.4) is 0 Å². The summed E-state index contributed by atoms with van der Waals surface area (Å²) in [5.74, 6) is 0.0604. The first-order chi connectivity index (χ1) is 18.2. The molecule has 1 atom stereocenters. The van der Waals surface area contributed by atoms with E-state index in [4.69, 9.17) is 4.74 Å². The summed E-state index contributed by atoms with van der Waals surface area (Å²) in [6, 6.07) is 22.4. The molecule has 192 valence electrons. The summed E-state index contributed by atoms with van der Waals surface area (Å²) in [7, 11) is 0. The lowest BCUT2D eigenvalue weighted by atomic mass is 9.96. The highest BCUT2D eigenvalue weighted by atomic mass is 16.5. The van der Waals surface area contributed by atoms with Crippen molar-refractivity contribution in [3.8, 4) is 0 Å². The van der Waals surface area contributed by atoms with Crippen LogP contribution < -0.4 is 16.0 Å². The Bertz CT molecular complexity index is 1360. The Balaban J connectivity index is 1.18. The Morgan fingerprint density at radius 3 is 2.62 bits per heavy atom. The van der Waals surface area contributed by atoms with E-state index in [0.29, 0.717) is 19.4 Å². The van der Waals surface area contributed by atoms with Crippen LogP contribution in [0.5, 0.6) is 0 Å². The van der Waals surface area contributed by atoms with Crippen LogP contribution >= 0.6 is 0 Å². The maximum absolute atomic E-state index is 13.0. The van der Waals surface area contributed by atoms with Gasteiger partial charge in [0.25, 0.3) is 0 Å². The van der Waals surface area contributed by atoms with Gasteiger partial charge in [0.15, 0.2) is 0 Å². The van der Waals surface area contributed by atoms with Gasteiger partial charge in [-0.1, -0.05) is 60.7 Å². The van der Waals surface area contributed by atoms with Crippen LogP contribution in [0.4, 0.5) is 4.79 Å². The molecule has 2 heterocycles. The first kappa shape index (κ1) is 24.8. The van der Waals surface area contributed by atoms with E-state index in [9.17, 15) is 9.59 Å². The summed E-state index contributed by atoms with van der Waals surface area (Å²) in [4.78, 5) is 28.7. The second-order valence-corrected chi connectivity index (χ2v) is 9.74. The Morgan fingerprint density at radius 1 is 0.973 bits per heavy atom. The first-order valence-electron chi connectivity index (χ1n) is 13.1. The molecule has 4 aromatic rings. The number of amides is 2. The number of rotatable bonds is 9. The molecule has 0 saturated carbocycles. The van der Waals surface area contributed by atoms with Gasteiger partial charge < -0.3 is 25.7 Å². The van der Waals surface area contributed by atoms with Crippen LogP contribution in [0.1, 0.15) is 24.0 Å². The minimum absolute atomic E-state index is 0.00322. The zero-order valence-corrected chi connectivity index (χ0v) is 21.0. The van der Waals surface area contributed by atoms with E-state index in [1.807, 2.05) is 36.5 Å². The summed E-state index contributed by atoms with van der Waals surface area (Å²) >= 11 is 0. The highest BCUT2D eigenvalue weighted by molar-refractivity contribution is 5.84. The highest BCUT2D eigenvalue weighted by Crippen LogP contribution is 2.19. The summed E-state index contributed by atoms with van der Waals surface area (Å²) in [5, 5.41) is 12.9. The maximum atomic E-state index is 13.0. The minimum Gasteiger partial charge on any atom is -0.449 e. The number of ether oxygens (including phenoxy) is 1. The van der Waals surface area contributed by atoms with Crippen LogP contribution in [0.2, 0.25) is 0 Å². The third-order valence-electron chi connectivity index (χ3n) is 7.12. The number of H-pyrrole nitrogens is 1. The molecule has 4 N–H and O–H groups in total. The molecule has 3 aromatic carbocycles. The van der Waals surface area contributed by atoms with E-state index in [1.54, 1.807) is 0 Å². The van der Waals surface area contributed by atoms with Crippen molar-refractivity contribution in [1.82, 2.24) is 20.9 Å². The second kappa shape index (κ2) is 11.9. The number of alkyl carbamates (subject to hydrolysis) is 1. The largest absolute Gasteiger partial charge is 0.449 e. The Labute approximate surface area is 217 Å². The van der Waals surface area contributed by atoms with Crippen LogP contribution in [0, 0.1) is 5.92 Å². The molecule has 1 aliphatic rings. The third kappa shape index (κ3) is 6.49. The molecule has 1 fully saturated rings. The molecule has 0 bridgehead atoms. The highest BCUT2D eigenvalue weighted by Gasteiger charge is 2.24. The van der Waals surface area contributed by atoms with Crippen molar-refractivity contribution in [1.29, 1.82) is 0 Å². The fraction of sp³-hybridized carbons (Fsp3) is 0.333. The molecule has 0 aliphatic carbocycles. The zero-order chi connectivity index (χ0) is 25.5. The number of para-hydroxylation sites is 1. The standard InChI is InChI=1S/C30H34N4O3/c35-29(23-11-14-31-15-12-23)34-26(18-21-9-10-22-5-1-2-6-24(22)17-21)20-33-30(36)37-16-13-25-19-32-28-8-4-3-7-27(25)28/h1-10,17,19,23,26,31-32H,11-16,18,20H2,(H,33,36)(H,34,35). The predicted molar refractivity (Wildman–Crippen MR) is 147 cm³/mol. The van der Waals surface area contributed by atoms with Gasteiger partial charge in [-0.3, -0.25) is 4.79 Å². The predicted octanol–water partition coefficient (Wildman–Crippen LogP) is 4.32.